The SMILES string of the molecule is Cc1ccc(S(=O)(=O)N(CC(=O)N(Cc2cccc(Cl)c2)[C@@H](C)C(=O)NC(C)C)c2ccc(F)cc2)cc1. The molecule has 38 heavy (non-hydrogen) atoms. The average Bonchev–Trinajstić information content (AvgIpc) is 2.86. The van der Waals surface area contributed by atoms with Crippen molar-refractivity contribution in [1.82, 2.24) is 10.2 Å². The number of benzene rings is 3. The van der Waals surface area contributed by atoms with E-state index in [1.54, 1.807) is 57.2 Å². The van der Waals surface area contributed by atoms with E-state index in [4.69, 9.17) is 11.6 Å². The fourth-order valence-corrected chi connectivity index (χ4v) is 5.42. The van der Waals surface area contributed by atoms with Crippen LogP contribution >= 0.6 is 11.6 Å². The molecule has 0 aliphatic rings. The lowest BCUT2D eigenvalue weighted by atomic mass is 10.1. The maximum atomic E-state index is 13.8. The van der Waals surface area contributed by atoms with E-state index in [1.807, 2.05) is 6.92 Å². The predicted molar refractivity (Wildman–Crippen MR) is 147 cm³/mol. The predicted octanol–water partition coefficient (Wildman–Crippen LogP) is 4.92. The highest BCUT2D eigenvalue weighted by molar-refractivity contribution is 7.92. The largest absolute Gasteiger partial charge is 0.352 e. The third kappa shape index (κ3) is 7.33. The molecule has 0 unspecified atom stereocenters. The molecule has 0 bridgehead atoms. The fraction of sp³-hybridized carbons (Fsp3) is 0.286. The van der Waals surface area contributed by atoms with Gasteiger partial charge in [0.05, 0.1) is 10.6 Å². The van der Waals surface area contributed by atoms with Gasteiger partial charge in [0, 0.05) is 17.6 Å². The lowest BCUT2D eigenvalue weighted by Crippen LogP contribution is -2.52. The minimum absolute atomic E-state index is 0.0211. The Hall–Kier alpha value is -3.43. The maximum absolute atomic E-state index is 13.8. The van der Waals surface area contributed by atoms with E-state index in [0.717, 1.165) is 22.0 Å². The molecule has 1 N–H and O–H groups in total. The molecule has 0 saturated carbocycles. The number of anilines is 1. The van der Waals surface area contributed by atoms with Gasteiger partial charge < -0.3 is 10.2 Å². The van der Waals surface area contributed by atoms with Crippen molar-refractivity contribution in [3.05, 3.63) is 94.8 Å². The Balaban J connectivity index is 2.02. The number of sulfonamides is 1. The number of rotatable bonds is 10. The molecular formula is C28H31ClFN3O4S. The Morgan fingerprint density at radius 1 is 0.974 bits per heavy atom. The van der Waals surface area contributed by atoms with Crippen LogP contribution in [-0.4, -0.2) is 43.8 Å². The normalized spacial score (nSPS) is 12.2. The summed E-state index contributed by atoms with van der Waals surface area (Å²) < 4.78 is 42.0. The van der Waals surface area contributed by atoms with E-state index in [-0.39, 0.29) is 29.1 Å². The number of hydrogen-bond acceptors (Lipinski definition) is 4. The first-order valence-corrected chi connectivity index (χ1v) is 13.9. The van der Waals surface area contributed by atoms with Gasteiger partial charge in [-0.2, -0.15) is 0 Å². The fourth-order valence-electron chi connectivity index (χ4n) is 3.79. The summed E-state index contributed by atoms with van der Waals surface area (Å²) in [5.41, 5.74) is 1.65. The quantitative estimate of drug-likeness (QED) is 0.382. The molecule has 3 aromatic rings. The molecule has 0 aliphatic carbocycles. The highest BCUT2D eigenvalue weighted by Crippen LogP contribution is 2.25. The number of hydrogen-bond donors (Lipinski definition) is 1. The molecule has 0 radical (unpaired) electrons. The number of nitrogens with zero attached hydrogens (tertiary/aromatic N) is 2. The molecule has 10 heteroatoms. The third-order valence-corrected chi connectivity index (χ3v) is 7.87. The van der Waals surface area contributed by atoms with Crippen LogP contribution in [-0.2, 0) is 26.2 Å². The van der Waals surface area contributed by atoms with E-state index in [1.165, 1.54) is 29.2 Å². The number of amides is 2. The van der Waals surface area contributed by atoms with Gasteiger partial charge in [0.1, 0.15) is 18.4 Å². The van der Waals surface area contributed by atoms with Crippen LogP contribution in [0, 0.1) is 12.7 Å². The summed E-state index contributed by atoms with van der Waals surface area (Å²) in [6.45, 7) is 6.43. The molecule has 0 spiro atoms. The van der Waals surface area contributed by atoms with Crippen molar-refractivity contribution in [1.29, 1.82) is 0 Å². The van der Waals surface area contributed by atoms with Crippen molar-refractivity contribution < 1.29 is 22.4 Å². The van der Waals surface area contributed by atoms with Gasteiger partial charge in [-0.3, -0.25) is 13.9 Å². The lowest BCUT2D eigenvalue weighted by molar-refractivity contribution is -0.139. The first-order valence-electron chi connectivity index (χ1n) is 12.1. The van der Waals surface area contributed by atoms with Crippen LogP contribution < -0.4 is 9.62 Å². The molecule has 0 aliphatic heterocycles. The zero-order valence-corrected chi connectivity index (χ0v) is 23.3. The molecule has 202 valence electrons. The van der Waals surface area contributed by atoms with E-state index in [9.17, 15) is 22.4 Å². The van der Waals surface area contributed by atoms with Crippen molar-refractivity contribution in [2.75, 3.05) is 10.8 Å². The Labute approximate surface area is 228 Å². The smallest absolute Gasteiger partial charge is 0.264 e. The Bertz CT molecular complexity index is 1380. The van der Waals surface area contributed by atoms with Crippen molar-refractivity contribution in [2.24, 2.45) is 0 Å². The molecule has 0 saturated heterocycles. The maximum Gasteiger partial charge on any atom is 0.264 e. The Morgan fingerprint density at radius 3 is 2.18 bits per heavy atom. The molecule has 3 aromatic carbocycles. The van der Waals surface area contributed by atoms with Gasteiger partial charge in [0.25, 0.3) is 10.0 Å². The highest BCUT2D eigenvalue weighted by atomic mass is 35.5. The van der Waals surface area contributed by atoms with Gasteiger partial charge in [0.2, 0.25) is 11.8 Å². The van der Waals surface area contributed by atoms with Crippen molar-refractivity contribution in [3.63, 3.8) is 0 Å². The second-order valence-electron chi connectivity index (χ2n) is 9.29. The third-order valence-electron chi connectivity index (χ3n) is 5.84. The number of carbonyl (C=O) groups is 2. The van der Waals surface area contributed by atoms with Gasteiger partial charge >= 0.3 is 0 Å². The number of halogens is 2. The molecule has 3 rings (SSSR count). The zero-order valence-electron chi connectivity index (χ0n) is 21.7. The van der Waals surface area contributed by atoms with Crippen LogP contribution in [0.15, 0.2) is 77.7 Å². The topological polar surface area (TPSA) is 86.8 Å². The second-order valence-corrected chi connectivity index (χ2v) is 11.6. The summed E-state index contributed by atoms with van der Waals surface area (Å²) in [6.07, 6.45) is 0. The summed E-state index contributed by atoms with van der Waals surface area (Å²) in [7, 11) is -4.22. The van der Waals surface area contributed by atoms with E-state index >= 15 is 0 Å². The summed E-state index contributed by atoms with van der Waals surface area (Å²) in [6, 6.07) is 16.8. The van der Waals surface area contributed by atoms with Crippen molar-refractivity contribution >= 4 is 39.1 Å². The van der Waals surface area contributed by atoms with E-state index in [2.05, 4.69) is 5.32 Å². The first-order chi connectivity index (χ1) is 17.9. The Morgan fingerprint density at radius 2 is 1.61 bits per heavy atom. The standard InChI is InChI=1S/C28H31ClFN3O4S/c1-19(2)31-28(35)21(4)32(17-22-6-5-7-23(29)16-22)27(34)18-33(25-12-10-24(30)11-13-25)38(36,37)26-14-8-20(3)9-15-26/h5-16,19,21H,17-18H2,1-4H3,(H,31,35)/t21-/m0/s1. The summed E-state index contributed by atoms with van der Waals surface area (Å²) in [4.78, 5) is 28.0. The van der Waals surface area contributed by atoms with Gasteiger partial charge in [-0.25, -0.2) is 12.8 Å². The molecular weight excluding hydrogens is 529 g/mol. The molecule has 0 aromatic heterocycles. The molecule has 0 heterocycles. The van der Waals surface area contributed by atoms with Crippen LogP contribution in [0.5, 0.6) is 0 Å². The minimum atomic E-state index is -4.22. The average molecular weight is 560 g/mol. The summed E-state index contributed by atoms with van der Waals surface area (Å²) in [5, 5.41) is 3.26. The summed E-state index contributed by atoms with van der Waals surface area (Å²) in [5.74, 6) is -1.55. The zero-order chi connectivity index (χ0) is 28.0. The highest BCUT2D eigenvalue weighted by Gasteiger charge is 2.32. The lowest BCUT2D eigenvalue weighted by Gasteiger charge is -2.32. The van der Waals surface area contributed by atoms with Crippen LogP contribution in [0.3, 0.4) is 0 Å². The number of nitrogens with one attached hydrogen (secondary N) is 1. The van der Waals surface area contributed by atoms with Crippen LogP contribution in [0.25, 0.3) is 0 Å². The number of carbonyl (C=O) groups excluding carboxylic acids is 2. The molecule has 1 atom stereocenters. The van der Waals surface area contributed by atoms with Gasteiger partial charge in [-0.1, -0.05) is 41.4 Å². The van der Waals surface area contributed by atoms with E-state index in [0.29, 0.717) is 10.6 Å². The van der Waals surface area contributed by atoms with E-state index < -0.39 is 34.3 Å². The van der Waals surface area contributed by atoms with Gasteiger partial charge in [-0.05, 0) is 81.8 Å². The Kier molecular flexibility index (Phi) is 9.51. The number of aryl methyl sites for hydroxylation is 1. The molecule has 2 amide bonds. The van der Waals surface area contributed by atoms with Crippen LogP contribution in [0.4, 0.5) is 10.1 Å². The van der Waals surface area contributed by atoms with Crippen molar-refractivity contribution in [3.8, 4) is 0 Å². The van der Waals surface area contributed by atoms with Crippen LogP contribution in [0.1, 0.15) is 31.9 Å². The monoisotopic (exact) mass is 559 g/mol. The first kappa shape index (κ1) is 29.1. The molecule has 0 fully saturated rings. The van der Waals surface area contributed by atoms with Crippen molar-refractivity contribution in [2.45, 2.75) is 51.2 Å². The molecule has 7 nitrogen and oxygen atoms in total. The summed E-state index contributed by atoms with van der Waals surface area (Å²) >= 11 is 6.13. The van der Waals surface area contributed by atoms with Crippen LogP contribution in [0.2, 0.25) is 5.02 Å². The second kappa shape index (κ2) is 12.4. The van der Waals surface area contributed by atoms with Gasteiger partial charge in [0.15, 0.2) is 0 Å². The minimum Gasteiger partial charge on any atom is -0.352 e. The van der Waals surface area contributed by atoms with Gasteiger partial charge in [-0.15, -0.1) is 0 Å².